The van der Waals surface area contributed by atoms with Crippen molar-refractivity contribution in [2.75, 3.05) is 18.0 Å². The maximum absolute atomic E-state index is 11.4. The van der Waals surface area contributed by atoms with Crippen LogP contribution in [-0.4, -0.2) is 19.0 Å². The van der Waals surface area contributed by atoms with Crippen molar-refractivity contribution in [3.63, 3.8) is 0 Å². The molecule has 2 aliphatic heterocycles. The second-order valence-corrected chi connectivity index (χ2v) is 3.68. The van der Waals surface area contributed by atoms with Gasteiger partial charge in [0.05, 0.1) is 0 Å². The number of benzene rings is 1. The molecule has 15 heavy (non-hydrogen) atoms. The monoisotopic (exact) mass is 266 g/mol. The molecular weight excluding hydrogens is 256 g/mol. The smallest absolute Gasteiger partial charge is 0.334 e. The predicted octanol–water partition coefficient (Wildman–Crippen LogP) is -2.74. The summed E-state index contributed by atoms with van der Waals surface area (Å²) in [5.74, 6) is 0.199. The van der Waals surface area contributed by atoms with E-state index in [0.29, 0.717) is 6.54 Å². The summed E-state index contributed by atoms with van der Waals surface area (Å²) in [5.41, 5.74) is 3.50. The third-order valence-electron chi connectivity index (χ3n) is 2.70. The Morgan fingerprint density at radius 3 is 3.07 bits per heavy atom. The number of primary amides is 1. The Labute approximate surface area is 98.5 Å². The van der Waals surface area contributed by atoms with Gasteiger partial charge in [0.25, 0.3) is 0 Å². The van der Waals surface area contributed by atoms with Gasteiger partial charge in [0.2, 0.25) is 0 Å². The molecule has 0 aliphatic carbocycles. The summed E-state index contributed by atoms with van der Waals surface area (Å²) < 4.78 is 0. The summed E-state index contributed by atoms with van der Waals surface area (Å²) in [6, 6.07) is 6.09. The second kappa shape index (κ2) is 3.79. The molecule has 3 nitrogen and oxygen atoms in total. The van der Waals surface area contributed by atoms with Gasteiger partial charge in [-0.2, -0.15) is 0 Å². The quantitative estimate of drug-likeness (QED) is 0.518. The Hall–Kier alpha value is -1.13. The van der Waals surface area contributed by atoms with Gasteiger partial charge in [0, 0.05) is 18.2 Å². The van der Waals surface area contributed by atoms with Crippen LogP contribution in [0.15, 0.2) is 24.3 Å². The van der Waals surface area contributed by atoms with Crippen molar-refractivity contribution < 1.29 is 27.1 Å². The van der Waals surface area contributed by atoms with E-state index in [1.807, 2.05) is 12.1 Å². The van der Waals surface area contributed by atoms with E-state index in [1.165, 1.54) is 11.3 Å². The van der Waals surface area contributed by atoms with Crippen molar-refractivity contribution in [3.8, 4) is 0 Å². The Morgan fingerprint density at radius 1 is 1.33 bits per heavy atom. The number of quaternary nitrogens is 1. The van der Waals surface area contributed by atoms with Crippen LogP contribution in [0.3, 0.4) is 0 Å². The lowest BCUT2D eigenvalue weighted by Crippen LogP contribution is -3.00. The highest BCUT2D eigenvalue weighted by Crippen LogP contribution is 2.32. The molecule has 2 aliphatic rings. The van der Waals surface area contributed by atoms with Gasteiger partial charge in [-0.15, -0.1) is 0 Å². The number of para-hydroxylation sites is 1. The molecule has 3 rings (SSSR count). The second-order valence-electron chi connectivity index (χ2n) is 3.68. The standard InChI is InChI=1S/C11H10N2O.BrH/c14-10-7-13-6-2-4-8-3-1-5-9(12-10)11(8)13;/h1-5H,6-7H2,(H,12,14);1H. The lowest BCUT2D eigenvalue weighted by Gasteiger charge is -2.30. The number of nitrogens with two attached hydrogens (primary N) is 1. The Morgan fingerprint density at radius 2 is 2.20 bits per heavy atom. The zero-order valence-electron chi connectivity index (χ0n) is 8.11. The Bertz CT molecular complexity index is 442. The van der Waals surface area contributed by atoms with Gasteiger partial charge in [-0.05, 0) is 0 Å². The summed E-state index contributed by atoms with van der Waals surface area (Å²) in [7, 11) is 0. The van der Waals surface area contributed by atoms with E-state index in [0.717, 1.165) is 12.2 Å². The molecule has 2 heterocycles. The molecular formula is C11H11BrN2O. The van der Waals surface area contributed by atoms with Crippen LogP contribution in [0.4, 0.5) is 11.4 Å². The molecule has 4 heteroatoms. The van der Waals surface area contributed by atoms with E-state index in [2.05, 4.69) is 23.1 Å². The molecule has 1 amide bonds. The molecule has 0 aromatic heterocycles. The number of hydrogen-bond acceptors (Lipinski definition) is 2. The number of anilines is 1. The number of halogens is 1. The zero-order chi connectivity index (χ0) is 9.54. The summed E-state index contributed by atoms with van der Waals surface area (Å²) in [6.45, 7) is 1.37. The third kappa shape index (κ3) is 1.60. The average Bonchev–Trinajstić information content (AvgIpc) is 2.18. The van der Waals surface area contributed by atoms with E-state index in [4.69, 9.17) is 0 Å². The minimum absolute atomic E-state index is 0. The summed E-state index contributed by atoms with van der Waals surface area (Å²) in [5, 5.41) is 1.74. The minimum Gasteiger partial charge on any atom is -1.00 e. The number of carbonyl (C=O) groups is 1. The molecule has 1 aromatic rings. The topological polar surface area (TPSA) is 36.9 Å². The van der Waals surface area contributed by atoms with Crippen LogP contribution < -0.4 is 27.2 Å². The molecule has 78 valence electrons. The lowest BCUT2D eigenvalue weighted by molar-refractivity contribution is -0.483. The van der Waals surface area contributed by atoms with Crippen molar-refractivity contribution in [3.05, 3.63) is 29.8 Å². The molecule has 0 unspecified atom stereocenters. The fourth-order valence-corrected chi connectivity index (χ4v) is 2.15. The minimum atomic E-state index is 0. The van der Waals surface area contributed by atoms with Crippen LogP contribution >= 0.6 is 0 Å². The maximum Gasteiger partial charge on any atom is 0.334 e. The molecule has 0 fully saturated rings. The van der Waals surface area contributed by atoms with Crippen LogP contribution in [-0.2, 0) is 4.79 Å². The van der Waals surface area contributed by atoms with Crippen LogP contribution in [0.5, 0.6) is 0 Å². The van der Waals surface area contributed by atoms with E-state index in [-0.39, 0.29) is 22.9 Å². The van der Waals surface area contributed by atoms with E-state index < -0.39 is 0 Å². The Kier molecular flexibility index (Phi) is 2.63. The van der Waals surface area contributed by atoms with Crippen molar-refractivity contribution >= 4 is 23.4 Å². The first-order valence-corrected chi connectivity index (χ1v) is 4.77. The average molecular weight is 267 g/mol. The number of carbonyl (C=O) groups excluding carboxylic acids is 1. The van der Waals surface area contributed by atoms with Gasteiger partial charge in [-0.25, -0.2) is 10.1 Å². The summed E-state index contributed by atoms with van der Waals surface area (Å²) in [6.07, 6.45) is 4.23. The van der Waals surface area contributed by atoms with Crippen LogP contribution in [0.25, 0.3) is 6.08 Å². The van der Waals surface area contributed by atoms with Crippen molar-refractivity contribution in [2.45, 2.75) is 0 Å². The molecule has 1 aromatic carbocycles. The van der Waals surface area contributed by atoms with Gasteiger partial charge in [-0.1, -0.05) is 24.3 Å². The largest absolute Gasteiger partial charge is 1.00 e. The molecule has 0 saturated heterocycles. The molecule has 0 atom stereocenters. The highest BCUT2D eigenvalue weighted by Gasteiger charge is 2.28. The summed E-state index contributed by atoms with van der Waals surface area (Å²) in [4.78, 5) is 13.5. The Balaban J connectivity index is 0.000000853. The number of amides is 1. The first-order valence-electron chi connectivity index (χ1n) is 4.77. The van der Waals surface area contributed by atoms with Gasteiger partial charge in [0.15, 0.2) is 5.69 Å². The van der Waals surface area contributed by atoms with E-state index in [9.17, 15) is 4.79 Å². The fourth-order valence-electron chi connectivity index (χ4n) is 2.15. The van der Waals surface area contributed by atoms with E-state index >= 15 is 0 Å². The first kappa shape index (κ1) is 10.4. The third-order valence-corrected chi connectivity index (χ3v) is 2.70. The highest BCUT2D eigenvalue weighted by atomic mass is 79.9. The predicted molar refractivity (Wildman–Crippen MR) is 54.3 cm³/mol. The van der Waals surface area contributed by atoms with Crippen LogP contribution in [0, 0.1) is 0 Å². The number of nitrogens with zero attached hydrogens (tertiary/aromatic N) is 1. The normalized spacial score (nSPS) is 17.1. The highest BCUT2D eigenvalue weighted by molar-refractivity contribution is 5.88. The molecule has 0 bridgehead atoms. The van der Waals surface area contributed by atoms with Gasteiger partial charge < -0.3 is 21.9 Å². The first-order chi connectivity index (χ1) is 6.84. The van der Waals surface area contributed by atoms with E-state index in [1.54, 1.807) is 5.32 Å². The van der Waals surface area contributed by atoms with Crippen molar-refractivity contribution in [1.82, 2.24) is 0 Å². The van der Waals surface area contributed by atoms with Gasteiger partial charge in [0.1, 0.15) is 12.2 Å². The van der Waals surface area contributed by atoms with Crippen molar-refractivity contribution in [2.24, 2.45) is 0 Å². The van der Waals surface area contributed by atoms with Gasteiger partial charge >= 0.3 is 5.91 Å². The maximum atomic E-state index is 11.4. The fraction of sp³-hybridized carbons (Fsp3) is 0.182. The molecule has 0 radical (unpaired) electrons. The van der Waals surface area contributed by atoms with Gasteiger partial charge in [-0.3, -0.25) is 0 Å². The summed E-state index contributed by atoms with van der Waals surface area (Å²) >= 11 is 0. The molecule has 0 saturated carbocycles. The molecule has 2 N–H and O–H groups in total. The van der Waals surface area contributed by atoms with Crippen LogP contribution in [0.2, 0.25) is 0 Å². The number of rotatable bonds is 0. The number of hydrogen-bond donors (Lipinski definition) is 1. The van der Waals surface area contributed by atoms with Crippen LogP contribution in [0.1, 0.15) is 5.56 Å². The van der Waals surface area contributed by atoms with Crippen molar-refractivity contribution in [1.29, 1.82) is 0 Å². The SMILES string of the molecule is O=C1CN2CC=Cc3cccc(c32)[NH2+]1.[Br-]. The zero-order valence-corrected chi connectivity index (χ0v) is 9.70. The lowest BCUT2D eigenvalue weighted by atomic mass is 10.0. The molecule has 0 spiro atoms.